The molecule has 0 atom stereocenters. The minimum Gasteiger partial charge on any atom is -0.370 e. The van der Waals surface area contributed by atoms with Crippen molar-refractivity contribution in [1.82, 2.24) is 9.88 Å². The van der Waals surface area contributed by atoms with Gasteiger partial charge in [0.15, 0.2) is 0 Å². The molecule has 6 heteroatoms. The molecule has 0 saturated carbocycles. The van der Waals surface area contributed by atoms with Crippen LogP contribution in [0.3, 0.4) is 0 Å². The van der Waals surface area contributed by atoms with Crippen LogP contribution < -0.4 is 5.32 Å². The molecule has 1 aromatic rings. The largest absolute Gasteiger partial charge is 0.370 e. The van der Waals surface area contributed by atoms with Crippen LogP contribution >= 0.6 is 0 Å². The van der Waals surface area contributed by atoms with E-state index in [-0.39, 0.29) is 5.69 Å². The zero-order valence-electron chi connectivity index (χ0n) is 11.8. The number of hydrogen-bond donors (Lipinski definition) is 1. The van der Waals surface area contributed by atoms with E-state index in [2.05, 4.69) is 29.0 Å². The van der Waals surface area contributed by atoms with Crippen LogP contribution in [0, 0.1) is 17.0 Å². The van der Waals surface area contributed by atoms with Crippen LogP contribution in [0.15, 0.2) is 12.1 Å². The second-order valence-corrected chi connectivity index (χ2v) is 4.37. The number of nitrogens with zero attached hydrogens (tertiary/aromatic N) is 3. The van der Waals surface area contributed by atoms with Gasteiger partial charge in [-0.2, -0.15) is 0 Å². The molecule has 0 aromatic carbocycles. The van der Waals surface area contributed by atoms with Gasteiger partial charge in [0.1, 0.15) is 11.5 Å². The highest BCUT2D eigenvalue weighted by Gasteiger charge is 2.11. The Hall–Kier alpha value is -1.69. The average molecular weight is 266 g/mol. The van der Waals surface area contributed by atoms with E-state index in [0.717, 1.165) is 32.6 Å². The number of nitrogens with one attached hydrogen (secondary N) is 1. The van der Waals surface area contributed by atoms with Crippen LogP contribution in [-0.2, 0) is 0 Å². The molecule has 19 heavy (non-hydrogen) atoms. The van der Waals surface area contributed by atoms with Crippen molar-refractivity contribution >= 4 is 11.5 Å². The molecule has 0 saturated heterocycles. The van der Waals surface area contributed by atoms with E-state index < -0.39 is 4.92 Å². The zero-order valence-corrected chi connectivity index (χ0v) is 11.8. The Balaban J connectivity index is 2.42. The van der Waals surface area contributed by atoms with Crippen molar-refractivity contribution < 1.29 is 4.92 Å². The minimum atomic E-state index is -0.410. The number of aromatic nitrogens is 1. The lowest BCUT2D eigenvalue weighted by Gasteiger charge is -2.17. The van der Waals surface area contributed by atoms with E-state index in [1.807, 2.05) is 0 Å². The van der Waals surface area contributed by atoms with Crippen LogP contribution in [0.25, 0.3) is 0 Å². The predicted octanol–water partition coefficient (Wildman–Crippen LogP) is 2.44. The number of aryl methyl sites for hydroxylation is 1. The van der Waals surface area contributed by atoms with Gasteiger partial charge in [-0.3, -0.25) is 10.1 Å². The molecule has 0 bridgehead atoms. The standard InChI is InChI=1S/C13H22N4O2/c1-4-16(5-2)10-6-9-14-13-8-7-12(17(18)19)11(3)15-13/h7-8H,4-6,9-10H2,1-3H3,(H,14,15). The van der Waals surface area contributed by atoms with Gasteiger partial charge in [0.2, 0.25) is 0 Å². The number of rotatable bonds is 8. The maximum Gasteiger partial charge on any atom is 0.290 e. The van der Waals surface area contributed by atoms with E-state index in [9.17, 15) is 10.1 Å². The van der Waals surface area contributed by atoms with Gasteiger partial charge in [0, 0.05) is 12.6 Å². The molecule has 0 aliphatic carbocycles. The number of anilines is 1. The number of pyridine rings is 1. The van der Waals surface area contributed by atoms with Crippen molar-refractivity contribution in [2.45, 2.75) is 27.2 Å². The summed E-state index contributed by atoms with van der Waals surface area (Å²) in [6, 6.07) is 3.15. The average Bonchev–Trinajstić information content (AvgIpc) is 2.38. The smallest absolute Gasteiger partial charge is 0.290 e. The van der Waals surface area contributed by atoms with Crippen LogP contribution in [0.5, 0.6) is 0 Å². The molecule has 0 unspecified atom stereocenters. The lowest BCUT2D eigenvalue weighted by molar-refractivity contribution is -0.385. The summed E-state index contributed by atoms with van der Waals surface area (Å²) in [7, 11) is 0. The minimum absolute atomic E-state index is 0.0636. The van der Waals surface area contributed by atoms with Crippen LogP contribution in [-0.4, -0.2) is 41.0 Å². The van der Waals surface area contributed by atoms with Crippen molar-refractivity contribution in [3.8, 4) is 0 Å². The summed E-state index contributed by atoms with van der Waals surface area (Å²) in [6.07, 6.45) is 1.03. The van der Waals surface area contributed by atoms with Crippen LogP contribution in [0.4, 0.5) is 11.5 Å². The normalized spacial score (nSPS) is 10.7. The molecule has 0 spiro atoms. The monoisotopic (exact) mass is 266 g/mol. The van der Waals surface area contributed by atoms with Gasteiger partial charge < -0.3 is 10.2 Å². The van der Waals surface area contributed by atoms with Crippen molar-refractivity contribution in [2.75, 3.05) is 31.5 Å². The summed E-state index contributed by atoms with van der Waals surface area (Å²) >= 11 is 0. The maximum atomic E-state index is 10.7. The maximum absolute atomic E-state index is 10.7. The van der Waals surface area contributed by atoms with E-state index in [0.29, 0.717) is 11.5 Å². The molecule has 0 aliphatic rings. The summed E-state index contributed by atoms with van der Waals surface area (Å²) in [5.74, 6) is 0.697. The molecule has 106 valence electrons. The highest BCUT2D eigenvalue weighted by Crippen LogP contribution is 2.17. The van der Waals surface area contributed by atoms with Gasteiger partial charge in [0.25, 0.3) is 5.69 Å². The van der Waals surface area contributed by atoms with Crippen LogP contribution in [0.1, 0.15) is 26.0 Å². The molecule has 0 aliphatic heterocycles. The molecular weight excluding hydrogens is 244 g/mol. The van der Waals surface area contributed by atoms with E-state index in [4.69, 9.17) is 0 Å². The molecule has 0 amide bonds. The highest BCUT2D eigenvalue weighted by molar-refractivity contribution is 5.44. The van der Waals surface area contributed by atoms with Gasteiger partial charge in [-0.15, -0.1) is 0 Å². The van der Waals surface area contributed by atoms with Gasteiger partial charge >= 0.3 is 0 Å². The molecule has 1 heterocycles. The van der Waals surface area contributed by atoms with Crippen molar-refractivity contribution in [2.24, 2.45) is 0 Å². The Labute approximate surface area is 114 Å². The molecule has 1 aromatic heterocycles. The second kappa shape index (κ2) is 7.68. The third-order valence-electron chi connectivity index (χ3n) is 3.11. The van der Waals surface area contributed by atoms with Gasteiger partial charge in [-0.25, -0.2) is 4.98 Å². The molecule has 6 nitrogen and oxygen atoms in total. The fourth-order valence-corrected chi connectivity index (χ4v) is 1.90. The Morgan fingerprint density at radius 1 is 1.37 bits per heavy atom. The van der Waals surface area contributed by atoms with E-state index in [1.165, 1.54) is 6.07 Å². The zero-order chi connectivity index (χ0) is 14.3. The fourth-order valence-electron chi connectivity index (χ4n) is 1.90. The number of nitro groups is 1. The first-order valence-corrected chi connectivity index (χ1v) is 6.66. The third-order valence-corrected chi connectivity index (χ3v) is 3.11. The molecule has 1 rings (SSSR count). The van der Waals surface area contributed by atoms with Crippen molar-refractivity contribution in [1.29, 1.82) is 0 Å². The number of hydrogen-bond acceptors (Lipinski definition) is 5. The second-order valence-electron chi connectivity index (χ2n) is 4.37. The van der Waals surface area contributed by atoms with Gasteiger partial charge in [0.05, 0.1) is 4.92 Å². The quantitative estimate of drug-likeness (QED) is 0.444. The lowest BCUT2D eigenvalue weighted by atomic mass is 10.3. The van der Waals surface area contributed by atoms with Crippen molar-refractivity contribution in [3.63, 3.8) is 0 Å². The Bertz CT molecular complexity index is 419. The topological polar surface area (TPSA) is 71.3 Å². The van der Waals surface area contributed by atoms with Crippen molar-refractivity contribution in [3.05, 3.63) is 27.9 Å². The summed E-state index contributed by atoms with van der Waals surface area (Å²) < 4.78 is 0. The molecule has 1 N–H and O–H groups in total. The van der Waals surface area contributed by atoms with Crippen LogP contribution in [0.2, 0.25) is 0 Å². The first-order valence-electron chi connectivity index (χ1n) is 6.66. The molecule has 0 radical (unpaired) electrons. The third kappa shape index (κ3) is 4.82. The van der Waals surface area contributed by atoms with E-state index in [1.54, 1.807) is 13.0 Å². The first kappa shape index (κ1) is 15.4. The summed E-state index contributed by atoms with van der Waals surface area (Å²) in [6.45, 7) is 9.94. The molecular formula is C13H22N4O2. The Kier molecular flexibility index (Phi) is 6.21. The summed E-state index contributed by atoms with van der Waals surface area (Å²) in [5.41, 5.74) is 0.507. The van der Waals surface area contributed by atoms with E-state index >= 15 is 0 Å². The highest BCUT2D eigenvalue weighted by atomic mass is 16.6. The summed E-state index contributed by atoms with van der Waals surface area (Å²) in [5, 5.41) is 13.9. The van der Waals surface area contributed by atoms with Gasteiger partial charge in [-0.1, -0.05) is 13.8 Å². The first-order chi connectivity index (χ1) is 9.08. The fraction of sp³-hybridized carbons (Fsp3) is 0.615. The molecule has 0 fully saturated rings. The summed E-state index contributed by atoms with van der Waals surface area (Å²) in [4.78, 5) is 16.8. The predicted molar refractivity (Wildman–Crippen MR) is 76.5 cm³/mol. The van der Waals surface area contributed by atoms with Gasteiger partial charge in [-0.05, 0) is 39.0 Å². The SMILES string of the molecule is CCN(CC)CCCNc1ccc([N+](=O)[O-])c(C)n1. The Morgan fingerprint density at radius 3 is 2.58 bits per heavy atom. The Morgan fingerprint density at radius 2 is 2.05 bits per heavy atom. The lowest BCUT2D eigenvalue weighted by Crippen LogP contribution is -2.25.